The van der Waals surface area contributed by atoms with Gasteiger partial charge in [0.25, 0.3) is 0 Å². The minimum absolute atomic E-state index is 0.0538. The molecule has 4 aromatic rings. The van der Waals surface area contributed by atoms with Crippen LogP contribution in [-0.2, 0) is 40.1 Å². The van der Waals surface area contributed by atoms with E-state index >= 15 is 0 Å². The van der Waals surface area contributed by atoms with Crippen molar-refractivity contribution in [2.45, 2.75) is 51.0 Å². The fraction of sp³-hybridized carbons (Fsp3) is 0.310. The van der Waals surface area contributed by atoms with Crippen molar-refractivity contribution in [3.63, 3.8) is 0 Å². The number of carbonyl (C=O) groups excluding carboxylic acids is 1. The SMILES string of the molecule is CCS(=O)(=O)c1ccc(CC(=O)Cc2ccc3c(c2)nc(C(C)(C)Oc2ccc(C)cc2)n3C)cc1. The van der Waals surface area contributed by atoms with Crippen molar-refractivity contribution in [1.29, 1.82) is 0 Å². The highest BCUT2D eigenvalue weighted by Gasteiger charge is 2.29. The van der Waals surface area contributed by atoms with E-state index in [4.69, 9.17) is 9.72 Å². The fourth-order valence-electron chi connectivity index (χ4n) is 4.34. The molecule has 36 heavy (non-hydrogen) atoms. The summed E-state index contributed by atoms with van der Waals surface area (Å²) in [5.41, 5.74) is 3.98. The van der Waals surface area contributed by atoms with Gasteiger partial charge in [0.1, 0.15) is 11.5 Å². The van der Waals surface area contributed by atoms with Crippen LogP contribution in [0.25, 0.3) is 11.0 Å². The van der Waals surface area contributed by atoms with Crippen molar-refractivity contribution < 1.29 is 17.9 Å². The number of ketones is 1. The lowest BCUT2D eigenvalue weighted by molar-refractivity contribution is -0.117. The summed E-state index contributed by atoms with van der Waals surface area (Å²) in [4.78, 5) is 17.9. The zero-order valence-electron chi connectivity index (χ0n) is 21.4. The van der Waals surface area contributed by atoms with E-state index in [-0.39, 0.29) is 29.3 Å². The normalized spacial score (nSPS) is 12.1. The number of aromatic nitrogens is 2. The number of Topliss-reactive ketones (excluding diaryl/α,β-unsaturated/α-hetero) is 1. The number of carbonyl (C=O) groups is 1. The van der Waals surface area contributed by atoms with Gasteiger partial charge in [-0.25, -0.2) is 13.4 Å². The van der Waals surface area contributed by atoms with Crippen LogP contribution in [0.15, 0.2) is 71.6 Å². The molecule has 188 valence electrons. The van der Waals surface area contributed by atoms with Gasteiger partial charge in [0, 0.05) is 19.9 Å². The summed E-state index contributed by atoms with van der Waals surface area (Å²) in [7, 11) is -1.28. The van der Waals surface area contributed by atoms with Crippen molar-refractivity contribution in [1.82, 2.24) is 9.55 Å². The Morgan fingerprint density at radius 2 is 1.56 bits per heavy atom. The van der Waals surface area contributed by atoms with Crippen LogP contribution in [0.3, 0.4) is 0 Å². The van der Waals surface area contributed by atoms with Crippen LogP contribution in [-0.4, -0.2) is 29.5 Å². The minimum atomic E-state index is -3.25. The van der Waals surface area contributed by atoms with Crippen molar-refractivity contribution >= 4 is 26.7 Å². The summed E-state index contributed by atoms with van der Waals surface area (Å²) in [6.07, 6.45) is 0.523. The second-order valence-electron chi connectivity index (χ2n) is 9.68. The summed E-state index contributed by atoms with van der Waals surface area (Å²) in [5, 5.41) is 0. The third kappa shape index (κ3) is 5.51. The number of sulfone groups is 1. The fourth-order valence-corrected chi connectivity index (χ4v) is 5.22. The van der Waals surface area contributed by atoms with Gasteiger partial charge in [0.15, 0.2) is 21.3 Å². The molecule has 7 heteroatoms. The molecule has 0 aliphatic rings. The monoisotopic (exact) mass is 504 g/mol. The van der Waals surface area contributed by atoms with E-state index in [1.54, 1.807) is 31.2 Å². The van der Waals surface area contributed by atoms with Gasteiger partial charge in [-0.1, -0.05) is 42.8 Å². The highest BCUT2D eigenvalue weighted by Crippen LogP contribution is 2.30. The summed E-state index contributed by atoms with van der Waals surface area (Å²) in [6, 6.07) is 20.4. The first-order valence-corrected chi connectivity index (χ1v) is 13.7. The van der Waals surface area contributed by atoms with E-state index in [1.807, 2.05) is 74.9 Å². The summed E-state index contributed by atoms with van der Waals surface area (Å²) in [5.74, 6) is 1.69. The van der Waals surface area contributed by atoms with E-state index in [9.17, 15) is 13.2 Å². The number of fused-ring (bicyclic) bond motifs is 1. The average molecular weight is 505 g/mol. The molecule has 0 amide bonds. The number of imidazole rings is 1. The predicted octanol–water partition coefficient (Wildman–Crippen LogP) is 5.34. The molecule has 0 spiro atoms. The number of rotatable bonds is 9. The van der Waals surface area contributed by atoms with Gasteiger partial charge >= 0.3 is 0 Å². The topological polar surface area (TPSA) is 78.3 Å². The third-order valence-electron chi connectivity index (χ3n) is 6.34. The van der Waals surface area contributed by atoms with Crippen LogP contribution in [0, 0.1) is 6.92 Å². The molecule has 4 rings (SSSR count). The van der Waals surface area contributed by atoms with Crippen LogP contribution in [0.1, 0.15) is 43.3 Å². The number of hydrogen-bond acceptors (Lipinski definition) is 5. The third-order valence-corrected chi connectivity index (χ3v) is 8.09. The maximum atomic E-state index is 12.8. The van der Waals surface area contributed by atoms with Gasteiger partial charge in [0.05, 0.1) is 21.7 Å². The Hall–Kier alpha value is -3.45. The van der Waals surface area contributed by atoms with Crippen LogP contribution >= 0.6 is 0 Å². The molecular weight excluding hydrogens is 472 g/mol. The molecule has 6 nitrogen and oxygen atoms in total. The maximum absolute atomic E-state index is 12.8. The molecule has 1 aromatic heterocycles. The Labute approximate surface area is 212 Å². The van der Waals surface area contributed by atoms with Crippen molar-refractivity contribution in [3.05, 3.63) is 89.2 Å². The molecule has 0 aliphatic carbocycles. The minimum Gasteiger partial charge on any atom is -0.480 e. The first kappa shape index (κ1) is 25.6. The lowest BCUT2D eigenvalue weighted by Crippen LogP contribution is -2.29. The first-order chi connectivity index (χ1) is 17.0. The predicted molar refractivity (Wildman–Crippen MR) is 142 cm³/mol. The van der Waals surface area contributed by atoms with Crippen LogP contribution in [0.2, 0.25) is 0 Å². The molecule has 0 unspecified atom stereocenters. The second-order valence-corrected chi connectivity index (χ2v) is 12.0. The number of aryl methyl sites for hydroxylation is 2. The van der Waals surface area contributed by atoms with E-state index in [0.29, 0.717) is 0 Å². The Morgan fingerprint density at radius 1 is 0.944 bits per heavy atom. The lowest BCUT2D eigenvalue weighted by Gasteiger charge is -2.26. The largest absolute Gasteiger partial charge is 0.480 e. The smallest absolute Gasteiger partial charge is 0.178 e. The molecule has 0 saturated heterocycles. The zero-order valence-corrected chi connectivity index (χ0v) is 22.2. The van der Waals surface area contributed by atoms with Crippen LogP contribution in [0.5, 0.6) is 5.75 Å². The van der Waals surface area contributed by atoms with Crippen molar-refractivity contribution in [2.24, 2.45) is 7.05 Å². The summed E-state index contributed by atoms with van der Waals surface area (Å²) >= 11 is 0. The second kappa shape index (κ2) is 9.90. The van der Waals surface area contributed by atoms with E-state index in [0.717, 1.165) is 33.7 Å². The molecule has 3 aromatic carbocycles. The summed E-state index contributed by atoms with van der Waals surface area (Å²) < 4.78 is 32.3. The quantitative estimate of drug-likeness (QED) is 0.307. The molecule has 0 fully saturated rings. The van der Waals surface area contributed by atoms with E-state index < -0.39 is 15.4 Å². The van der Waals surface area contributed by atoms with Crippen molar-refractivity contribution in [3.8, 4) is 5.75 Å². The van der Waals surface area contributed by atoms with Gasteiger partial charge in [0.2, 0.25) is 0 Å². The molecule has 0 saturated carbocycles. The van der Waals surface area contributed by atoms with Crippen LogP contribution < -0.4 is 4.74 Å². The van der Waals surface area contributed by atoms with Gasteiger partial charge in [-0.2, -0.15) is 0 Å². The molecule has 0 aliphatic heterocycles. The van der Waals surface area contributed by atoms with Gasteiger partial charge in [-0.05, 0) is 68.3 Å². The van der Waals surface area contributed by atoms with Gasteiger partial charge < -0.3 is 9.30 Å². The molecule has 0 radical (unpaired) electrons. The number of benzene rings is 3. The molecule has 0 atom stereocenters. The Balaban J connectivity index is 1.49. The van der Waals surface area contributed by atoms with Gasteiger partial charge in [-0.15, -0.1) is 0 Å². The highest BCUT2D eigenvalue weighted by molar-refractivity contribution is 7.91. The van der Waals surface area contributed by atoms with Crippen molar-refractivity contribution in [2.75, 3.05) is 5.75 Å². The van der Waals surface area contributed by atoms with Gasteiger partial charge in [-0.3, -0.25) is 4.79 Å². The number of hydrogen-bond donors (Lipinski definition) is 0. The highest BCUT2D eigenvalue weighted by atomic mass is 32.2. The molecule has 0 N–H and O–H groups in total. The Bertz CT molecular complexity index is 1500. The molecular formula is C29H32N2O4S. The number of nitrogens with zero attached hydrogens (tertiary/aromatic N) is 2. The number of ether oxygens (including phenoxy) is 1. The van der Waals surface area contributed by atoms with Crippen LogP contribution in [0.4, 0.5) is 0 Å². The summed E-state index contributed by atoms with van der Waals surface area (Å²) in [6.45, 7) is 7.65. The standard InChI is InChI=1S/C29H32N2O4S/c1-6-36(33,34)25-14-9-21(10-15-25)17-23(32)18-22-11-16-27-26(19-22)30-28(31(27)5)29(3,4)35-24-12-7-20(2)8-13-24/h7-16,19H,6,17-18H2,1-5H3. The lowest BCUT2D eigenvalue weighted by atomic mass is 10.0. The molecule has 0 bridgehead atoms. The first-order valence-electron chi connectivity index (χ1n) is 12.0. The van der Waals surface area contributed by atoms with E-state index in [2.05, 4.69) is 0 Å². The van der Waals surface area contributed by atoms with E-state index in [1.165, 1.54) is 5.56 Å². The maximum Gasteiger partial charge on any atom is 0.178 e. The average Bonchev–Trinajstić information content (AvgIpc) is 3.17. The Kier molecular flexibility index (Phi) is 7.05. The Morgan fingerprint density at radius 3 is 2.19 bits per heavy atom. The molecule has 1 heterocycles. The zero-order chi connectivity index (χ0) is 26.1.